The van der Waals surface area contributed by atoms with E-state index in [2.05, 4.69) is 0 Å². The monoisotopic (exact) mass is 503 g/mol. The molecule has 36 heavy (non-hydrogen) atoms. The summed E-state index contributed by atoms with van der Waals surface area (Å²) in [5, 5.41) is 8.82. The van der Waals surface area contributed by atoms with E-state index in [1.54, 1.807) is 0 Å². The van der Waals surface area contributed by atoms with Crippen molar-refractivity contribution in [2.75, 3.05) is 13.2 Å². The molecule has 3 N–H and O–H groups in total. The number of aliphatic hydroxyl groups is 1. The van der Waals surface area contributed by atoms with E-state index in [1.807, 2.05) is 39.0 Å². The van der Waals surface area contributed by atoms with Gasteiger partial charge in [0.1, 0.15) is 11.4 Å². The third-order valence-electron chi connectivity index (χ3n) is 6.62. The lowest BCUT2D eigenvalue weighted by molar-refractivity contribution is -0.155. The number of primary amides is 1. The van der Waals surface area contributed by atoms with E-state index in [0.29, 0.717) is 32.3 Å². The van der Waals surface area contributed by atoms with Gasteiger partial charge in [-0.15, -0.1) is 0 Å². The predicted molar refractivity (Wildman–Crippen MR) is 140 cm³/mol. The molecule has 7 heteroatoms. The number of hydrogen-bond acceptors (Lipinski definition) is 6. The standard InChI is InChI=1S/C29H45NO6/c1-29(2,3)36-27(33)15-12-22(28(30)34)11-10-21-18-23-20-24(13-14-25(23)26(32)19-21)35-17-9-7-5-4-6-8-16-31/h13-14,20-22,31H,4-12,15-19H2,1-3H3,(H2,30,34). The molecule has 1 aromatic rings. The van der Waals surface area contributed by atoms with Gasteiger partial charge in [-0.3, -0.25) is 14.4 Å². The second-order valence-electron chi connectivity index (χ2n) is 11.0. The molecule has 0 radical (unpaired) electrons. The number of carbonyl (C=O) groups is 3. The van der Waals surface area contributed by atoms with Crippen molar-refractivity contribution in [1.29, 1.82) is 0 Å². The number of rotatable bonds is 16. The number of unbranched alkanes of at least 4 members (excludes halogenated alkanes) is 5. The molecule has 7 nitrogen and oxygen atoms in total. The Balaban J connectivity index is 1.82. The fourth-order valence-corrected chi connectivity index (χ4v) is 4.72. The molecule has 0 saturated heterocycles. The average molecular weight is 504 g/mol. The Morgan fingerprint density at radius 3 is 2.42 bits per heavy atom. The minimum Gasteiger partial charge on any atom is -0.494 e. The second kappa shape index (κ2) is 15.0. The number of hydrogen-bond donors (Lipinski definition) is 2. The first kappa shape index (κ1) is 29.8. The van der Waals surface area contributed by atoms with Gasteiger partial charge in [-0.05, 0) is 89.0 Å². The summed E-state index contributed by atoms with van der Waals surface area (Å²) >= 11 is 0. The molecule has 0 bridgehead atoms. The maximum Gasteiger partial charge on any atom is 0.306 e. The number of ketones is 1. The Morgan fingerprint density at radius 1 is 1.06 bits per heavy atom. The topological polar surface area (TPSA) is 116 Å². The molecular weight excluding hydrogens is 458 g/mol. The Bertz CT molecular complexity index is 860. The summed E-state index contributed by atoms with van der Waals surface area (Å²) in [6.07, 6.45) is 9.31. The molecule has 0 fully saturated rings. The first-order chi connectivity index (χ1) is 17.1. The summed E-state index contributed by atoms with van der Waals surface area (Å²) in [4.78, 5) is 36.7. The van der Waals surface area contributed by atoms with Gasteiger partial charge >= 0.3 is 5.97 Å². The van der Waals surface area contributed by atoms with Crippen molar-refractivity contribution in [3.8, 4) is 5.75 Å². The van der Waals surface area contributed by atoms with E-state index in [1.165, 1.54) is 0 Å². The molecule has 0 spiro atoms. The van der Waals surface area contributed by atoms with Crippen molar-refractivity contribution in [2.45, 2.75) is 103 Å². The second-order valence-corrected chi connectivity index (χ2v) is 11.0. The average Bonchev–Trinajstić information content (AvgIpc) is 2.79. The molecule has 2 rings (SSSR count). The van der Waals surface area contributed by atoms with Crippen LogP contribution in [0.15, 0.2) is 18.2 Å². The molecule has 0 saturated carbocycles. The predicted octanol–water partition coefficient (Wildman–Crippen LogP) is 5.15. The Kier molecular flexibility index (Phi) is 12.4. The van der Waals surface area contributed by atoms with Gasteiger partial charge in [0.05, 0.1) is 6.61 Å². The van der Waals surface area contributed by atoms with Crippen LogP contribution in [-0.2, 0) is 20.7 Å². The van der Waals surface area contributed by atoms with Crippen molar-refractivity contribution in [3.05, 3.63) is 29.3 Å². The highest BCUT2D eigenvalue weighted by molar-refractivity contribution is 5.98. The van der Waals surface area contributed by atoms with E-state index in [-0.39, 0.29) is 30.7 Å². The Labute approximate surface area is 216 Å². The van der Waals surface area contributed by atoms with Crippen LogP contribution in [0.5, 0.6) is 5.75 Å². The lowest BCUT2D eigenvalue weighted by atomic mass is 9.79. The van der Waals surface area contributed by atoms with E-state index >= 15 is 0 Å². The van der Waals surface area contributed by atoms with Gasteiger partial charge in [-0.2, -0.15) is 0 Å². The van der Waals surface area contributed by atoms with Crippen LogP contribution in [0.2, 0.25) is 0 Å². The minimum absolute atomic E-state index is 0.125. The maximum atomic E-state index is 12.7. The summed E-state index contributed by atoms with van der Waals surface area (Å²) in [5.41, 5.74) is 6.81. The van der Waals surface area contributed by atoms with Crippen LogP contribution in [0.25, 0.3) is 0 Å². The smallest absolute Gasteiger partial charge is 0.306 e. The fraction of sp³-hybridized carbons (Fsp3) is 0.690. The van der Waals surface area contributed by atoms with Crippen LogP contribution in [0.1, 0.15) is 107 Å². The van der Waals surface area contributed by atoms with Gasteiger partial charge < -0.3 is 20.3 Å². The van der Waals surface area contributed by atoms with Crippen molar-refractivity contribution in [1.82, 2.24) is 0 Å². The zero-order valence-corrected chi connectivity index (χ0v) is 22.4. The molecule has 1 aliphatic carbocycles. The number of nitrogens with two attached hydrogens (primary N) is 1. The van der Waals surface area contributed by atoms with Gasteiger partial charge in [-0.25, -0.2) is 0 Å². The fourth-order valence-electron chi connectivity index (χ4n) is 4.72. The van der Waals surface area contributed by atoms with Gasteiger partial charge in [0.25, 0.3) is 0 Å². The zero-order valence-electron chi connectivity index (χ0n) is 22.4. The van der Waals surface area contributed by atoms with Crippen molar-refractivity contribution in [3.63, 3.8) is 0 Å². The van der Waals surface area contributed by atoms with Gasteiger partial charge in [0, 0.05) is 30.9 Å². The molecule has 0 aromatic heterocycles. The number of amides is 1. The summed E-state index contributed by atoms with van der Waals surface area (Å²) in [6.45, 7) is 6.35. The van der Waals surface area contributed by atoms with Gasteiger partial charge in [-0.1, -0.05) is 25.7 Å². The van der Waals surface area contributed by atoms with E-state index in [9.17, 15) is 14.4 Å². The Hall–Kier alpha value is -2.41. The number of esters is 1. The molecule has 2 atom stereocenters. The molecule has 2 unspecified atom stereocenters. The third kappa shape index (κ3) is 11.1. The number of benzene rings is 1. The lowest BCUT2D eigenvalue weighted by Crippen LogP contribution is -2.28. The van der Waals surface area contributed by atoms with E-state index in [0.717, 1.165) is 61.8 Å². The lowest BCUT2D eigenvalue weighted by Gasteiger charge is -2.25. The number of ether oxygens (including phenoxy) is 2. The summed E-state index contributed by atoms with van der Waals surface area (Å²) < 4.78 is 11.3. The highest BCUT2D eigenvalue weighted by atomic mass is 16.6. The highest BCUT2D eigenvalue weighted by Crippen LogP contribution is 2.32. The third-order valence-corrected chi connectivity index (χ3v) is 6.62. The molecule has 1 amide bonds. The highest BCUT2D eigenvalue weighted by Gasteiger charge is 2.27. The molecule has 1 aliphatic rings. The van der Waals surface area contributed by atoms with Crippen LogP contribution < -0.4 is 10.5 Å². The van der Waals surface area contributed by atoms with Crippen molar-refractivity contribution < 1.29 is 29.0 Å². The molecule has 202 valence electrons. The number of aliphatic hydroxyl groups excluding tert-OH is 1. The van der Waals surface area contributed by atoms with Crippen LogP contribution in [-0.4, -0.2) is 41.6 Å². The first-order valence-electron chi connectivity index (χ1n) is 13.5. The summed E-state index contributed by atoms with van der Waals surface area (Å²) in [6, 6.07) is 5.72. The molecule has 1 aromatic carbocycles. The van der Waals surface area contributed by atoms with Crippen LogP contribution in [0, 0.1) is 11.8 Å². The van der Waals surface area contributed by atoms with Crippen LogP contribution in [0.3, 0.4) is 0 Å². The van der Waals surface area contributed by atoms with Crippen molar-refractivity contribution >= 4 is 17.7 Å². The first-order valence-corrected chi connectivity index (χ1v) is 13.5. The quantitative estimate of drug-likeness (QED) is 0.238. The van der Waals surface area contributed by atoms with Gasteiger partial charge in [0.15, 0.2) is 5.78 Å². The molecular formula is C29H45NO6. The number of carbonyl (C=O) groups excluding carboxylic acids is 3. The number of Topliss-reactive ketones (excluding diaryl/α,β-unsaturated/α-hetero) is 1. The van der Waals surface area contributed by atoms with E-state index < -0.39 is 17.4 Å². The number of fused-ring (bicyclic) bond motifs is 1. The van der Waals surface area contributed by atoms with Crippen molar-refractivity contribution in [2.24, 2.45) is 17.6 Å². The zero-order chi connectivity index (χ0) is 26.6. The SMILES string of the molecule is CC(C)(C)OC(=O)CCC(CCC1CC(=O)c2ccc(OCCCCCCCCO)cc2C1)C(N)=O. The van der Waals surface area contributed by atoms with E-state index in [4.69, 9.17) is 20.3 Å². The largest absolute Gasteiger partial charge is 0.494 e. The maximum absolute atomic E-state index is 12.7. The molecule has 0 heterocycles. The van der Waals surface area contributed by atoms with Crippen LogP contribution >= 0.6 is 0 Å². The minimum atomic E-state index is -0.557. The summed E-state index contributed by atoms with van der Waals surface area (Å²) in [7, 11) is 0. The Morgan fingerprint density at radius 2 is 1.75 bits per heavy atom. The summed E-state index contributed by atoms with van der Waals surface area (Å²) in [5.74, 6) is -0.0975. The van der Waals surface area contributed by atoms with Gasteiger partial charge in [0.2, 0.25) is 5.91 Å². The van der Waals surface area contributed by atoms with Crippen LogP contribution in [0.4, 0.5) is 0 Å². The normalized spacial score (nSPS) is 16.3. The molecule has 0 aliphatic heterocycles.